The molecule has 7 nitrogen and oxygen atoms in total. The summed E-state index contributed by atoms with van der Waals surface area (Å²) in [6.07, 6.45) is 10.3. The predicted octanol–water partition coefficient (Wildman–Crippen LogP) is 5.32. The topological polar surface area (TPSA) is 78.7 Å². The van der Waals surface area contributed by atoms with Gasteiger partial charge in [0.15, 0.2) is 0 Å². The third-order valence-electron chi connectivity index (χ3n) is 8.78. The van der Waals surface area contributed by atoms with Crippen molar-refractivity contribution in [3.05, 3.63) is 59.3 Å². The van der Waals surface area contributed by atoms with Crippen molar-refractivity contribution in [2.75, 3.05) is 26.7 Å². The van der Waals surface area contributed by atoms with Crippen LogP contribution < -0.4 is 0 Å². The first kappa shape index (κ1) is 27.3. The van der Waals surface area contributed by atoms with Gasteiger partial charge < -0.3 is 19.5 Å². The Hall–Kier alpha value is -3.26. The Labute approximate surface area is 229 Å². The number of amides is 1. The highest BCUT2D eigenvalue weighted by Crippen LogP contribution is 2.34. The molecule has 1 aromatic carbocycles. The number of carboxylic acid groups (broad SMARTS) is 1. The second kappa shape index (κ2) is 11.1. The first-order valence-electron chi connectivity index (χ1n) is 14.1. The Morgan fingerprint density at radius 1 is 1.13 bits per heavy atom. The lowest BCUT2D eigenvalue weighted by molar-refractivity contribution is -0.143. The van der Waals surface area contributed by atoms with Crippen LogP contribution in [-0.4, -0.2) is 69.1 Å². The van der Waals surface area contributed by atoms with E-state index >= 15 is 0 Å². The summed E-state index contributed by atoms with van der Waals surface area (Å²) in [7, 11) is 1.74. The zero-order chi connectivity index (χ0) is 27.8. The maximum absolute atomic E-state index is 14.3. The van der Waals surface area contributed by atoms with Gasteiger partial charge in [-0.15, -0.1) is 0 Å². The lowest BCUT2D eigenvalue weighted by Gasteiger charge is -2.42. The molecule has 208 valence electrons. The molecule has 39 heavy (non-hydrogen) atoms. The molecule has 0 unspecified atom stereocenters. The molecule has 0 spiro atoms. The number of rotatable bonds is 8. The zero-order valence-corrected chi connectivity index (χ0v) is 23.4. The molecule has 8 heteroatoms. The van der Waals surface area contributed by atoms with Crippen molar-refractivity contribution in [2.24, 2.45) is 17.8 Å². The summed E-state index contributed by atoms with van der Waals surface area (Å²) in [6.45, 7) is 9.07. The number of aromatic nitrogens is 2. The number of likely N-dealkylation sites (tertiary alicyclic amines) is 1. The number of halogens is 1. The minimum absolute atomic E-state index is 0.0109. The number of aliphatic carboxylic acids is 1. The number of carboxylic acids is 1. The summed E-state index contributed by atoms with van der Waals surface area (Å²) >= 11 is 0. The maximum Gasteiger partial charge on any atom is 0.306 e. The van der Waals surface area contributed by atoms with E-state index in [9.17, 15) is 19.1 Å². The lowest BCUT2D eigenvalue weighted by atomic mass is 9.81. The van der Waals surface area contributed by atoms with Crippen molar-refractivity contribution in [3.63, 3.8) is 0 Å². The van der Waals surface area contributed by atoms with Crippen LogP contribution in [0.15, 0.2) is 36.8 Å². The van der Waals surface area contributed by atoms with Crippen LogP contribution in [0.1, 0.15) is 61.0 Å². The molecule has 0 bridgehead atoms. The van der Waals surface area contributed by atoms with Crippen LogP contribution >= 0.6 is 0 Å². The fraction of sp³-hybridized carbons (Fsp3) is 0.516. The van der Waals surface area contributed by atoms with E-state index in [2.05, 4.69) is 23.0 Å². The van der Waals surface area contributed by atoms with Gasteiger partial charge in [0.25, 0.3) is 5.91 Å². The van der Waals surface area contributed by atoms with Crippen LogP contribution in [0.2, 0.25) is 0 Å². The molecule has 1 aliphatic heterocycles. The monoisotopic (exact) mass is 534 g/mol. The summed E-state index contributed by atoms with van der Waals surface area (Å²) in [6, 6.07) is 4.42. The van der Waals surface area contributed by atoms with Crippen LogP contribution in [0.3, 0.4) is 0 Å². The van der Waals surface area contributed by atoms with E-state index in [-0.39, 0.29) is 17.9 Å². The standard InChI is InChI=1S/C31H39FN4O3/c1-19(2)34(4)30(37)26-12-25(32)9-10-27(26)36-18-24(29-20(3)13-33-14-28(29)36)11-22-16-35(17-22)15-21-5-7-23(8-6-21)31(38)39/h9-10,12-14,18-19,21-23H,5-8,11,15-17H2,1-4H3,(H,38,39)/t21-,23-. The molecule has 3 aromatic rings. The van der Waals surface area contributed by atoms with E-state index in [1.807, 2.05) is 30.8 Å². The second-order valence-electron chi connectivity index (χ2n) is 11.9. The van der Waals surface area contributed by atoms with Crippen molar-refractivity contribution in [1.29, 1.82) is 0 Å². The van der Waals surface area contributed by atoms with Crippen molar-refractivity contribution in [2.45, 2.75) is 58.9 Å². The van der Waals surface area contributed by atoms with Gasteiger partial charge in [0.2, 0.25) is 0 Å². The fourth-order valence-electron chi connectivity index (χ4n) is 6.33. The van der Waals surface area contributed by atoms with E-state index in [0.717, 1.165) is 68.2 Å². The molecule has 0 radical (unpaired) electrons. The van der Waals surface area contributed by atoms with Crippen molar-refractivity contribution >= 4 is 22.8 Å². The van der Waals surface area contributed by atoms with Gasteiger partial charge in [0.1, 0.15) is 5.82 Å². The van der Waals surface area contributed by atoms with Crippen molar-refractivity contribution < 1.29 is 19.1 Å². The third-order valence-corrected chi connectivity index (χ3v) is 8.78. The van der Waals surface area contributed by atoms with Crippen molar-refractivity contribution in [3.8, 4) is 5.69 Å². The Kier molecular flexibility index (Phi) is 7.76. The number of carbonyl (C=O) groups is 2. The van der Waals surface area contributed by atoms with Crippen LogP contribution in [-0.2, 0) is 11.2 Å². The highest BCUT2D eigenvalue weighted by molar-refractivity contribution is 5.99. The molecule has 1 saturated carbocycles. The van der Waals surface area contributed by atoms with Gasteiger partial charge >= 0.3 is 5.97 Å². The first-order chi connectivity index (χ1) is 18.6. The number of nitrogens with zero attached hydrogens (tertiary/aromatic N) is 4. The molecule has 1 N–H and O–H groups in total. The van der Waals surface area contributed by atoms with Crippen LogP contribution in [0, 0.1) is 30.5 Å². The van der Waals surface area contributed by atoms with E-state index in [0.29, 0.717) is 23.1 Å². The summed E-state index contributed by atoms with van der Waals surface area (Å²) in [5.74, 6) is -0.329. The van der Waals surface area contributed by atoms with Crippen molar-refractivity contribution in [1.82, 2.24) is 19.4 Å². The van der Waals surface area contributed by atoms with Gasteiger partial charge in [0.05, 0.1) is 28.9 Å². The molecule has 2 fully saturated rings. The number of fused-ring (bicyclic) bond motifs is 1. The first-order valence-corrected chi connectivity index (χ1v) is 14.1. The normalized spacial score (nSPS) is 20.4. The number of pyridine rings is 1. The zero-order valence-electron chi connectivity index (χ0n) is 23.4. The quantitative estimate of drug-likeness (QED) is 0.423. The molecule has 1 amide bonds. The Morgan fingerprint density at radius 2 is 1.85 bits per heavy atom. The predicted molar refractivity (Wildman–Crippen MR) is 150 cm³/mol. The Balaban J connectivity index is 1.35. The number of hydrogen-bond acceptors (Lipinski definition) is 4. The van der Waals surface area contributed by atoms with E-state index < -0.39 is 11.8 Å². The van der Waals surface area contributed by atoms with Crippen LogP contribution in [0.5, 0.6) is 0 Å². The third kappa shape index (κ3) is 5.57. The highest BCUT2D eigenvalue weighted by atomic mass is 19.1. The lowest BCUT2D eigenvalue weighted by Crippen LogP contribution is -2.49. The SMILES string of the molecule is Cc1cncc2c1c(CC1CN(C[C@H]3CC[C@H](C(=O)O)CC3)C1)cn2-c1ccc(F)cc1C(=O)N(C)C(C)C. The van der Waals surface area contributed by atoms with E-state index in [1.165, 1.54) is 17.7 Å². The molecule has 1 aliphatic carbocycles. The van der Waals surface area contributed by atoms with Gasteiger partial charge in [-0.25, -0.2) is 4.39 Å². The minimum atomic E-state index is -0.647. The summed E-state index contributed by atoms with van der Waals surface area (Å²) in [4.78, 5) is 33.1. The molecule has 2 aliphatic rings. The molecule has 1 saturated heterocycles. The average molecular weight is 535 g/mol. The highest BCUT2D eigenvalue weighted by Gasteiger charge is 2.32. The summed E-state index contributed by atoms with van der Waals surface area (Å²) in [5.41, 5.74) is 4.22. The smallest absolute Gasteiger partial charge is 0.306 e. The Morgan fingerprint density at radius 3 is 2.51 bits per heavy atom. The van der Waals surface area contributed by atoms with Crippen LogP contribution in [0.4, 0.5) is 4.39 Å². The number of benzene rings is 1. The fourth-order valence-corrected chi connectivity index (χ4v) is 6.33. The largest absolute Gasteiger partial charge is 0.481 e. The van der Waals surface area contributed by atoms with Crippen LogP contribution in [0.25, 0.3) is 16.6 Å². The van der Waals surface area contributed by atoms with E-state index in [4.69, 9.17) is 0 Å². The second-order valence-corrected chi connectivity index (χ2v) is 11.9. The van der Waals surface area contributed by atoms with Gasteiger partial charge in [-0.3, -0.25) is 14.6 Å². The molecule has 0 atom stereocenters. The Bertz CT molecular complexity index is 1370. The molecular weight excluding hydrogens is 495 g/mol. The van der Waals surface area contributed by atoms with Gasteiger partial charge in [-0.1, -0.05) is 0 Å². The van der Waals surface area contributed by atoms with Gasteiger partial charge in [-0.2, -0.15) is 0 Å². The molecule has 3 heterocycles. The average Bonchev–Trinajstić information content (AvgIpc) is 3.26. The van der Waals surface area contributed by atoms with Gasteiger partial charge in [-0.05, 0) is 94.0 Å². The summed E-state index contributed by atoms with van der Waals surface area (Å²) < 4.78 is 16.3. The number of hydrogen-bond donors (Lipinski definition) is 1. The summed E-state index contributed by atoms with van der Waals surface area (Å²) in [5, 5.41) is 10.4. The maximum atomic E-state index is 14.3. The number of aryl methyl sites for hydroxylation is 1. The van der Waals surface area contributed by atoms with Gasteiger partial charge in [0, 0.05) is 50.5 Å². The number of carbonyl (C=O) groups excluding carboxylic acids is 1. The molecule has 5 rings (SSSR count). The van der Waals surface area contributed by atoms with E-state index in [1.54, 1.807) is 18.0 Å². The molecular formula is C31H39FN4O3. The molecule has 2 aromatic heterocycles. The minimum Gasteiger partial charge on any atom is -0.481 e.